The molecule has 27 heavy (non-hydrogen) atoms. The number of carbonyl (C=O) groups is 2. The van der Waals surface area contributed by atoms with Gasteiger partial charge in [0.2, 0.25) is 11.8 Å². The standard InChI is InChI=1S/C22H34N2O3/c1-6-8-20(25)23-11-7-12-24(14-13-23)21(26)16-17-15-18(22(2,3)4)9-10-19(17)27-5/h9-10,15H,6-8,11-14,16H2,1-5H3. The van der Waals surface area contributed by atoms with E-state index in [0.29, 0.717) is 32.5 Å². The van der Waals surface area contributed by atoms with Gasteiger partial charge in [-0.05, 0) is 29.9 Å². The van der Waals surface area contributed by atoms with E-state index in [1.165, 1.54) is 5.56 Å². The second-order valence-electron chi connectivity index (χ2n) is 8.32. The normalized spacial score (nSPS) is 15.4. The lowest BCUT2D eigenvalue weighted by atomic mass is 9.85. The molecule has 1 heterocycles. The molecule has 0 unspecified atom stereocenters. The molecule has 0 spiro atoms. The zero-order valence-electron chi connectivity index (χ0n) is 17.5. The molecule has 0 aromatic heterocycles. The maximum absolute atomic E-state index is 12.9. The van der Waals surface area contributed by atoms with Crippen molar-refractivity contribution in [2.24, 2.45) is 0 Å². The lowest BCUT2D eigenvalue weighted by molar-refractivity contribution is -0.133. The summed E-state index contributed by atoms with van der Waals surface area (Å²) in [6, 6.07) is 6.11. The maximum atomic E-state index is 12.9. The number of hydrogen-bond donors (Lipinski definition) is 0. The third-order valence-corrected chi connectivity index (χ3v) is 5.15. The maximum Gasteiger partial charge on any atom is 0.227 e. The van der Waals surface area contributed by atoms with Crippen molar-refractivity contribution in [3.8, 4) is 5.75 Å². The predicted molar refractivity (Wildman–Crippen MR) is 108 cm³/mol. The van der Waals surface area contributed by atoms with Gasteiger partial charge in [0, 0.05) is 38.2 Å². The van der Waals surface area contributed by atoms with Gasteiger partial charge in [-0.2, -0.15) is 0 Å². The molecule has 1 saturated heterocycles. The van der Waals surface area contributed by atoms with Gasteiger partial charge in [0.15, 0.2) is 0 Å². The monoisotopic (exact) mass is 374 g/mol. The molecule has 0 saturated carbocycles. The van der Waals surface area contributed by atoms with E-state index in [-0.39, 0.29) is 17.2 Å². The third-order valence-electron chi connectivity index (χ3n) is 5.15. The average Bonchev–Trinajstić information content (AvgIpc) is 2.87. The average molecular weight is 375 g/mol. The molecular weight excluding hydrogens is 340 g/mol. The molecule has 2 rings (SSSR count). The second-order valence-corrected chi connectivity index (χ2v) is 8.32. The molecule has 0 atom stereocenters. The number of benzene rings is 1. The number of rotatable bonds is 5. The predicted octanol–water partition coefficient (Wildman–Crippen LogP) is 3.40. The third kappa shape index (κ3) is 5.72. The van der Waals surface area contributed by atoms with E-state index in [1.54, 1.807) is 7.11 Å². The van der Waals surface area contributed by atoms with Gasteiger partial charge in [-0.25, -0.2) is 0 Å². The Morgan fingerprint density at radius 1 is 1.04 bits per heavy atom. The fraction of sp³-hybridized carbons (Fsp3) is 0.636. The van der Waals surface area contributed by atoms with E-state index in [2.05, 4.69) is 32.9 Å². The first-order chi connectivity index (χ1) is 12.8. The van der Waals surface area contributed by atoms with Crippen molar-refractivity contribution >= 4 is 11.8 Å². The van der Waals surface area contributed by atoms with Crippen LogP contribution < -0.4 is 4.74 Å². The molecular formula is C22H34N2O3. The Bertz CT molecular complexity index is 664. The molecule has 0 N–H and O–H groups in total. The van der Waals surface area contributed by atoms with Crippen LogP contribution in [-0.2, 0) is 21.4 Å². The van der Waals surface area contributed by atoms with Crippen LogP contribution in [0, 0.1) is 0 Å². The molecule has 5 heteroatoms. The molecule has 2 amide bonds. The molecule has 0 bridgehead atoms. The molecule has 5 nitrogen and oxygen atoms in total. The van der Waals surface area contributed by atoms with Gasteiger partial charge in [-0.1, -0.05) is 39.8 Å². The summed E-state index contributed by atoms with van der Waals surface area (Å²) in [5.41, 5.74) is 2.14. The van der Waals surface area contributed by atoms with E-state index in [0.717, 1.165) is 30.7 Å². The fourth-order valence-corrected chi connectivity index (χ4v) is 3.45. The van der Waals surface area contributed by atoms with E-state index in [9.17, 15) is 9.59 Å². The molecule has 1 fully saturated rings. The summed E-state index contributed by atoms with van der Waals surface area (Å²) in [4.78, 5) is 28.8. The highest BCUT2D eigenvalue weighted by molar-refractivity contribution is 5.80. The number of methoxy groups -OCH3 is 1. The van der Waals surface area contributed by atoms with Crippen molar-refractivity contribution in [1.82, 2.24) is 9.80 Å². The lowest BCUT2D eigenvalue weighted by Gasteiger charge is -2.24. The first-order valence-electron chi connectivity index (χ1n) is 9.99. The lowest BCUT2D eigenvalue weighted by Crippen LogP contribution is -2.37. The highest BCUT2D eigenvalue weighted by atomic mass is 16.5. The fourth-order valence-electron chi connectivity index (χ4n) is 3.45. The van der Waals surface area contributed by atoms with Crippen LogP contribution in [0.3, 0.4) is 0 Å². The van der Waals surface area contributed by atoms with Gasteiger partial charge in [-0.3, -0.25) is 9.59 Å². The van der Waals surface area contributed by atoms with Crippen LogP contribution in [-0.4, -0.2) is 54.9 Å². The van der Waals surface area contributed by atoms with Crippen LogP contribution in [0.4, 0.5) is 0 Å². The Morgan fingerprint density at radius 2 is 1.67 bits per heavy atom. The number of hydrogen-bond acceptors (Lipinski definition) is 3. The highest BCUT2D eigenvalue weighted by Gasteiger charge is 2.23. The Labute approximate surface area is 163 Å². The van der Waals surface area contributed by atoms with E-state index >= 15 is 0 Å². The minimum Gasteiger partial charge on any atom is -0.496 e. The van der Waals surface area contributed by atoms with E-state index in [1.807, 2.05) is 22.8 Å². The number of amides is 2. The van der Waals surface area contributed by atoms with Crippen LogP contribution in [0.1, 0.15) is 58.1 Å². The van der Waals surface area contributed by atoms with Gasteiger partial charge in [0.05, 0.1) is 13.5 Å². The van der Waals surface area contributed by atoms with Crippen molar-refractivity contribution in [3.05, 3.63) is 29.3 Å². The van der Waals surface area contributed by atoms with Gasteiger partial charge in [0.1, 0.15) is 5.75 Å². The molecule has 150 valence electrons. The summed E-state index contributed by atoms with van der Waals surface area (Å²) in [5, 5.41) is 0. The summed E-state index contributed by atoms with van der Waals surface area (Å²) in [6.07, 6.45) is 2.61. The Balaban J connectivity index is 2.07. The zero-order valence-corrected chi connectivity index (χ0v) is 17.5. The molecule has 1 aromatic carbocycles. The summed E-state index contributed by atoms with van der Waals surface area (Å²) in [5.74, 6) is 1.06. The smallest absolute Gasteiger partial charge is 0.227 e. The quantitative estimate of drug-likeness (QED) is 0.794. The molecule has 1 aliphatic heterocycles. The topological polar surface area (TPSA) is 49.9 Å². The van der Waals surface area contributed by atoms with Crippen molar-refractivity contribution in [2.75, 3.05) is 33.3 Å². The van der Waals surface area contributed by atoms with E-state index in [4.69, 9.17) is 4.74 Å². The second kappa shape index (κ2) is 9.25. The SMILES string of the molecule is CCCC(=O)N1CCCN(C(=O)Cc2cc(C(C)(C)C)ccc2OC)CC1. The highest BCUT2D eigenvalue weighted by Crippen LogP contribution is 2.28. The van der Waals surface area contributed by atoms with Gasteiger partial charge < -0.3 is 14.5 Å². The number of ether oxygens (including phenoxy) is 1. The number of carbonyl (C=O) groups excluding carboxylic acids is 2. The Hall–Kier alpha value is -2.04. The van der Waals surface area contributed by atoms with Crippen LogP contribution in [0.2, 0.25) is 0 Å². The summed E-state index contributed by atoms with van der Waals surface area (Å²) in [6.45, 7) is 11.2. The van der Waals surface area contributed by atoms with Gasteiger partial charge in [0.25, 0.3) is 0 Å². The van der Waals surface area contributed by atoms with Crippen molar-refractivity contribution in [3.63, 3.8) is 0 Å². The minimum absolute atomic E-state index is 0.0206. The zero-order chi connectivity index (χ0) is 20.0. The summed E-state index contributed by atoms with van der Waals surface area (Å²) in [7, 11) is 1.64. The van der Waals surface area contributed by atoms with Crippen molar-refractivity contribution in [1.29, 1.82) is 0 Å². The summed E-state index contributed by atoms with van der Waals surface area (Å²) >= 11 is 0. The molecule has 1 aliphatic rings. The van der Waals surface area contributed by atoms with Crippen molar-refractivity contribution in [2.45, 2.75) is 58.8 Å². The minimum atomic E-state index is 0.0206. The molecule has 1 aromatic rings. The van der Waals surface area contributed by atoms with E-state index < -0.39 is 0 Å². The van der Waals surface area contributed by atoms with Crippen LogP contribution >= 0.6 is 0 Å². The van der Waals surface area contributed by atoms with Crippen LogP contribution in [0.5, 0.6) is 5.75 Å². The number of nitrogens with zero attached hydrogens (tertiary/aromatic N) is 2. The summed E-state index contributed by atoms with van der Waals surface area (Å²) < 4.78 is 5.48. The first-order valence-corrected chi connectivity index (χ1v) is 9.99. The van der Waals surface area contributed by atoms with Crippen molar-refractivity contribution < 1.29 is 14.3 Å². The van der Waals surface area contributed by atoms with Crippen LogP contribution in [0.25, 0.3) is 0 Å². The van der Waals surface area contributed by atoms with Gasteiger partial charge >= 0.3 is 0 Å². The Kier molecular flexibility index (Phi) is 7.28. The van der Waals surface area contributed by atoms with Gasteiger partial charge in [-0.15, -0.1) is 0 Å². The first kappa shape index (κ1) is 21.3. The molecule has 0 radical (unpaired) electrons. The van der Waals surface area contributed by atoms with Crippen LogP contribution in [0.15, 0.2) is 18.2 Å². The largest absolute Gasteiger partial charge is 0.496 e. The Morgan fingerprint density at radius 3 is 2.22 bits per heavy atom. The molecule has 0 aliphatic carbocycles.